The highest BCUT2D eigenvalue weighted by molar-refractivity contribution is 5.38. The molecule has 1 heterocycles. The fourth-order valence-corrected chi connectivity index (χ4v) is 1.41. The molecular weight excluding hydrogens is 257 g/mol. The van der Waals surface area contributed by atoms with Gasteiger partial charge in [-0.15, -0.1) is 10.2 Å². The molecule has 0 aliphatic carbocycles. The molecule has 1 aromatic heterocycles. The lowest BCUT2D eigenvalue weighted by molar-refractivity contribution is 0.369. The molecule has 0 radical (unpaired) electrons. The zero-order chi connectivity index (χ0) is 14.4. The second-order valence-corrected chi connectivity index (χ2v) is 4.22. The van der Waals surface area contributed by atoms with E-state index >= 15 is 0 Å². The fourth-order valence-electron chi connectivity index (χ4n) is 1.41. The van der Waals surface area contributed by atoms with Gasteiger partial charge < -0.3 is 9.64 Å². The van der Waals surface area contributed by atoms with Crippen molar-refractivity contribution in [2.45, 2.75) is 0 Å². The van der Waals surface area contributed by atoms with Crippen LogP contribution in [0.25, 0.3) is 0 Å². The van der Waals surface area contributed by atoms with Crippen LogP contribution in [-0.2, 0) is 0 Å². The smallest absolute Gasteiger partial charge is 0.150 e. The lowest BCUT2D eigenvalue weighted by atomic mass is 10.3. The van der Waals surface area contributed by atoms with Gasteiger partial charge in [0.15, 0.2) is 5.82 Å². The Morgan fingerprint density at radius 3 is 2.45 bits per heavy atom. The summed E-state index contributed by atoms with van der Waals surface area (Å²) in [7, 11) is 3.79. The number of benzene rings is 1. The molecule has 0 aliphatic heterocycles. The molecule has 0 atom stereocenters. The first-order valence-corrected chi connectivity index (χ1v) is 6.03. The highest BCUT2D eigenvalue weighted by Crippen LogP contribution is 2.10. The molecule has 2 rings (SSSR count). The summed E-state index contributed by atoms with van der Waals surface area (Å²) in [6.45, 7) is 0.211. The van der Waals surface area contributed by atoms with Crippen LogP contribution in [0.1, 0.15) is 5.69 Å². The lowest BCUT2D eigenvalue weighted by Gasteiger charge is -2.08. The molecular formula is C15H14FN3O. The molecule has 1 aromatic carbocycles. The number of rotatable bonds is 3. The fraction of sp³-hybridized carbons (Fsp3) is 0.200. The number of hydrogen-bond acceptors (Lipinski definition) is 4. The van der Waals surface area contributed by atoms with Crippen LogP contribution in [-0.4, -0.2) is 30.9 Å². The maximum atomic E-state index is 12.7. The van der Waals surface area contributed by atoms with Gasteiger partial charge in [0.25, 0.3) is 0 Å². The minimum Gasteiger partial charge on any atom is -0.481 e. The highest BCUT2D eigenvalue weighted by atomic mass is 19.1. The first-order valence-electron chi connectivity index (χ1n) is 6.03. The van der Waals surface area contributed by atoms with Crippen LogP contribution < -0.4 is 9.64 Å². The summed E-state index contributed by atoms with van der Waals surface area (Å²) >= 11 is 0. The van der Waals surface area contributed by atoms with Crippen LogP contribution in [0, 0.1) is 17.7 Å². The van der Waals surface area contributed by atoms with Crippen molar-refractivity contribution in [3.05, 3.63) is 47.9 Å². The van der Waals surface area contributed by atoms with Crippen molar-refractivity contribution >= 4 is 5.82 Å². The van der Waals surface area contributed by atoms with Gasteiger partial charge in [0.1, 0.15) is 23.9 Å². The Bertz CT molecular complexity index is 612. The van der Waals surface area contributed by atoms with E-state index in [0.29, 0.717) is 11.4 Å². The molecule has 0 spiro atoms. The summed E-state index contributed by atoms with van der Waals surface area (Å²) in [5.41, 5.74) is 0.582. The molecule has 20 heavy (non-hydrogen) atoms. The van der Waals surface area contributed by atoms with Crippen molar-refractivity contribution in [3.8, 4) is 17.6 Å². The van der Waals surface area contributed by atoms with E-state index in [1.807, 2.05) is 25.1 Å². The Labute approximate surface area is 117 Å². The number of hydrogen-bond donors (Lipinski definition) is 0. The van der Waals surface area contributed by atoms with E-state index < -0.39 is 0 Å². The van der Waals surface area contributed by atoms with Crippen molar-refractivity contribution in [1.29, 1.82) is 0 Å². The second-order valence-electron chi connectivity index (χ2n) is 4.22. The first kappa shape index (κ1) is 13.8. The van der Waals surface area contributed by atoms with Crippen LogP contribution in [0.15, 0.2) is 36.4 Å². The summed E-state index contributed by atoms with van der Waals surface area (Å²) in [5.74, 6) is 6.75. The maximum absolute atomic E-state index is 12.7. The van der Waals surface area contributed by atoms with Gasteiger partial charge >= 0.3 is 0 Å². The molecule has 4 nitrogen and oxygen atoms in total. The largest absolute Gasteiger partial charge is 0.481 e. The third-order valence-corrected chi connectivity index (χ3v) is 2.45. The van der Waals surface area contributed by atoms with E-state index in [0.717, 1.165) is 5.82 Å². The summed E-state index contributed by atoms with van der Waals surface area (Å²) in [4.78, 5) is 1.86. The average Bonchev–Trinajstić information content (AvgIpc) is 2.46. The molecule has 102 valence electrons. The number of halogens is 1. The zero-order valence-electron chi connectivity index (χ0n) is 11.3. The van der Waals surface area contributed by atoms with Crippen LogP contribution in [0.2, 0.25) is 0 Å². The number of anilines is 1. The standard InChI is InChI=1S/C15H14FN3O/c1-19(2)15-10-7-13(17-18-15)4-3-11-20-14-8-5-12(16)6-9-14/h5-10H,11H2,1-2H3. The monoisotopic (exact) mass is 271 g/mol. The molecule has 0 unspecified atom stereocenters. The van der Waals surface area contributed by atoms with E-state index in [2.05, 4.69) is 22.0 Å². The van der Waals surface area contributed by atoms with Crippen LogP contribution in [0.3, 0.4) is 0 Å². The first-order chi connectivity index (χ1) is 9.65. The molecule has 0 saturated heterocycles. The van der Waals surface area contributed by atoms with Gasteiger partial charge in [0.05, 0.1) is 0 Å². The van der Waals surface area contributed by atoms with E-state index in [1.54, 1.807) is 18.2 Å². The number of ether oxygens (including phenoxy) is 1. The van der Waals surface area contributed by atoms with Gasteiger partial charge in [-0.05, 0) is 42.3 Å². The highest BCUT2D eigenvalue weighted by Gasteiger charge is 1.96. The van der Waals surface area contributed by atoms with Crippen molar-refractivity contribution in [2.75, 3.05) is 25.6 Å². The topological polar surface area (TPSA) is 38.2 Å². The minimum absolute atomic E-state index is 0.211. The average molecular weight is 271 g/mol. The van der Waals surface area contributed by atoms with Crippen molar-refractivity contribution in [3.63, 3.8) is 0 Å². The van der Waals surface area contributed by atoms with Gasteiger partial charge in [0.2, 0.25) is 0 Å². The Balaban J connectivity index is 1.89. The number of nitrogens with zero attached hydrogens (tertiary/aromatic N) is 3. The summed E-state index contributed by atoms with van der Waals surface area (Å²) in [5, 5.41) is 8.00. The van der Waals surface area contributed by atoms with Gasteiger partial charge in [0, 0.05) is 14.1 Å². The molecule has 0 fully saturated rings. The molecule has 0 bridgehead atoms. The summed E-state index contributed by atoms with van der Waals surface area (Å²) in [6.07, 6.45) is 0. The predicted molar refractivity (Wildman–Crippen MR) is 75.1 cm³/mol. The van der Waals surface area contributed by atoms with Gasteiger partial charge in [-0.1, -0.05) is 5.92 Å². The summed E-state index contributed by atoms with van der Waals surface area (Å²) in [6, 6.07) is 9.44. The third kappa shape index (κ3) is 3.95. The van der Waals surface area contributed by atoms with Gasteiger partial charge in [-0.25, -0.2) is 4.39 Å². The van der Waals surface area contributed by atoms with Gasteiger partial charge in [-0.3, -0.25) is 0 Å². The van der Waals surface area contributed by atoms with E-state index in [9.17, 15) is 4.39 Å². The minimum atomic E-state index is -0.292. The molecule has 0 saturated carbocycles. The second kappa shape index (κ2) is 6.53. The third-order valence-electron chi connectivity index (χ3n) is 2.45. The van der Waals surface area contributed by atoms with Crippen molar-refractivity contribution in [1.82, 2.24) is 10.2 Å². The quantitative estimate of drug-likeness (QED) is 0.801. The van der Waals surface area contributed by atoms with E-state index in [4.69, 9.17) is 4.74 Å². The maximum Gasteiger partial charge on any atom is 0.150 e. The predicted octanol–water partition coefficient (Wildman–Crippen LogP) is 2.11. The normalized spacial score (nSPS) is 9.55. The molecule has 2 aromatic rings. The molecule has 0 amide bonds. The lowest BCUT2D eigenvalue weighted by Crippen LogP contribution is -2.11. The van der Waals surface area contributed by atoms with Crippen LogP contribution in [0.5, 0.6) is 5.75 Å². The Kier molecular flexibility index (Phi) is 4.51. The number of aromatic nitrogens is 2. The molecule has 5 heteroatoms. The molecule has 0 N–H and O–H groups in total. The molecule has 0 aliphatic rings. The zero-order valence-corrected chi connectivity index (χ0v) is 11.3. The van der Waals surface area contributed by atoms with Crippen LogP contribution in [0.4, 0.5) is 10.2 Å². The Hall–Kier alpha value is -2.61. The Morgan fingerprint density at radius 1 is 1.10 bits per heavy atom. The van der Waals surface area contributed by atoms with Crippen LogP contribution >= 0.6 is 0 Å². The van der Waals surface area contributed by atoms with Gasteiger partial charge in [-0.2, -0.15) is 0 Å². The van der Waals surface area contributed by atoms with Crippen molar-refractivity contribution < 1.29 is 9.13 Å². The summed E-state index contributed by atoms with van der Waals surface area (Å²) < 4.78 is 18.0. The van der Waals surface area contributed by atoms with E-state index in [1.165, 1.54) is 12.1 Å². The van der Waals surface area contributed by atoms with E-state index in [-0.39, 0.29) is 12.4 Å². The van der Waals surface area contributed by atoms with Crippen molar-refractivity contribution in [2.24, 2.45) is 0 Å². The Morgan fingerprint density at radius 2 is 1.85 bits per heavy atom. The SMILES string of the molecule is CN(C)c1ccc(C#CCOc2ccc(F)cc2)nn1.